The number of aryl methyl sites for hydroxylation is 1. The summed E-state index contributed by atoms with van der Waals surface area (Å²) < 4.78 is 32.4. The maximum atomic E-state index is 12.4. The summed E-state index contributed by atoms with van der Waals surface area (Å²) in [6.07, 6.45) is 0.776. The van der Waals surface area contributed by atoms with Gasteiger partial charge in [-0.05, 0) is 30.0 Å². The molecular formula is C14H24N2O3S. The van der Waals surface area contributed by atoms with Gasteiger partial charge in [0.15, 0.2) is 0 Å². The van der Waals surface area contributed by atoms with Gasteiger partial charge in [0.2, 0.25) is 10.0 Å². The van der Waals surface area contributed by atoms with E-state index in [1.165, 1.54) is 6.07 Å². The Hall–Kier alpha value is -1.11. The van der Waals surface area contributed by atoms with Crippen LogP contribution in [0, 0.1) is 5.92 Å². The molecule has 6 heteroatoms. The number of rotatable bonds is 7. The summed E-state index contributed by atoms with van der Waals surface area (Å²) in [6, 6.07) is 4.58. The van der Waals surface area contributed by atoms with Gasteiger partial charge < -0.3 is 10.5 Å². The van der Waals surface area contributed by atoms with Crippen LogP contribution in [-0.4, -0.2) is 28.2 Å². The van der Waals surface area contributed by atoms with Gasteiger partial charge in [-0.15, -0.1) is 0 Å². The van der Waals surface area contributed by atoms with Crippen molar-refractivity contribution in [1.29, 1.82) is 0 Å². The summed E-state index contributed by atoms with van der Waals surface area (Å²) in [5, 5.41) is 0. The molecule has 0 aliphatic heterocycles. The summed E-state index contributed by atoms with van der Waals surface area (Å²) in [6.45, 7) is 6.20. The second kappa shape index (κ2) is 7.06. The Morgan fingerprint density at radius 1 is 1.35 bits per heavy atom. The topological polar surface area (TPSA) is 81.4 Å². The van der Waals surface area contributed by atoms with E-state index in [0.717, 1.165) is 12.0 Å². The summed E-state index contributed by atoms with van der Waals surface area (Å²) in [4.78, 5) is 0.189. The number of nitrogens with one attached hydrogen (secondary N) is 1. The van der Waals surface area contributed by atoms with E-state index in [-0.39, 0.29) is 16.9 Å². The molecule has 0 spiro atoms. The van der Waals surface area contributed by atoms with Crippen molar-refractivity contribution in [1.82, 2.24) is 4.72 Å². The molecule has 1 atom stereocenters. The molecule has 0 fully saturated rings. The molecule has 0 saturated carbocycles. The standard InChI is InChI=1S/C14H24N2O3S/c1-5-11-6-7-12(8-13(11)15)20(17,18)16-14(9-19-4)10(2)3/h6-8,10,14,16H,5,9,15H2,1-4H3. The molecule has 0 radical (unpaired) electrons. The lowest BCUT2D eigenvalue weighted by Gasteiger charge is -2.21. The zero-order valence-corrected chi connectivity index (χ0v) is 13.3. The molecule has 1 rings (SSSR count). The molecule has 1 aromatic rings. The van der Waals surface area contributed by atoms with E-state index < -0.39 is 10.0 Å². The van der Waals surface area contributed by atoms with Crippen LogP contribution in [0.2, 0.25) is 0 Å². The Morgan fingerprint density at radius 2 is 2.00 bits per heavy atom. The van der Waals surface area contributed by atoms with Crippen LogP contribution < -0.4 is 10.5 Å². The number of anilines is 1. The molecule has 5 nitrogen and oxygen atoms in total. The second-order valence-corrected chi connectivity index (χ2v) is 6.86. The van der Waals surface area contributed by atoms with E-state index in [4.69, 9.17) is 10.5 Å². The fourth-order valence-corrected chi connectivity index (χ4v) is 3.28. The molecule has 0 saturated heterocycles. The van der Waals surface area contributed by atoms with E-state index in [1.807, 2.05) is 20.8 Å². The van der Waals surface area contributed by atoms with Gasteiger partial charge in [0.1, 0.15) is 0 Å². The second-order valence-electron chi connectivity index (χ2n) is 5.14. The summed E-state index contributed by atoms with van der Waals surface area (Å²) in [7, 11) is -2.03. The number of nitrogens with two attached hydrogens (primary N) is 1. The Bertz CT molecular complexity index is 541. The first-order chi connectivity index (χ1) is 9.31. The number of nitrogen functional groups attached to an aromatic ring is 1. The molecule has 0 aliphatic carbocycles. The van der Waals surface area contributed by atoms with Crippen molar-refractivity contribution in [3.8, 4) is 0 Å². The highest BCUT2D eigenvalue weighted by molar-refractivity contribution is 7.89. The van der Waals surface area contributed by atoms with E-state index in [9.17, 15) is 8.42 Å². The predicted molar refractivity (Wildman–Crippen MR) is 81.1 cm³/mol. The molecule has 0 aromatic heterocycles. The maximum Gasteiger partial charge on any atom is 0.240 e. The smallest absolute Gasteiger partial charge is 0.240 e. The van der Waals surface area contributed by atoms with Gasteiger partial charge in [0.25, 0.3) is 0 Å². The Labute approximate surface area is 121 Å². The number of hydrogen-bond acceptors (Lipinski definition) is 4. The molecule has 1 unspecified atom stereocenters. The van der Waals surface area contributed by atoms with Crippen molar-refractivity contribution in [2.24, 2.45) is 5.92 Å². The van der Waals surface area contributed by atoms with Gasteiger partial charge in [-0.2, -0.15) is 0 Å². The number of benzene rings is 1. The molecular weight excluding hydrogens is 276 g/mol. The van der Waals surface area contributed by atoms with Crippen LogP contribution in [-0.2, 0) is 21.2 Å². The highest BCUT2D eigenvalue weighted by Crippen LogP contribution is 2.19. The average molecular weight is 300 g/mol. The molecule has 114 valence electrons. The Morgan fingerprint density at radius 3 is 2.45 bits per heavy atom. The zero-order chi connectivity index (χ0) is 15.3. The van der Waals surface area contributed by atoms with Crippen LogP contribution in [0.15, 0.2) is 23.1 Å². The normalized spacial score (nSPS) is 13.7. The molecule has 0 bridgehead atoms. The highest BCUT2D eigenvalue weighted by Gasteiger charge is 2.22. The van der Waals surface area contributed by atoms with Crippen LogP contribution >= 0.6 is 0 Å². The highest BCUT2D eigenvalue weighted by atomic mass is 32.2. The van der Waals surface area contributed by atoms with E-state index in [2.05, 4.69) is 4.72 Å². The lowest BCUT2D eigenvalue weighted by Crippen LogP contribution is -2.41. The monoisotopic (exact) mass is 300 g/mol. The zero-order valence-electron chi connectivity index (χ0n) is 12.5. The minimum atomic E-state index is -3.58. The van der Waals surface area contributed by atoms with E-state index in [1.54, 1.807) is 19.2 Å². The number of ether oxygens (including phenoxy) is 1. The minimum absolute atomic E-state index is 0.136. The van der Waals surface area contributed by atoms with Gasteiger partial charge in [-0.1, -0.05) is 26.8 Å². The first-order valence-corrected chi connectivity index (χ1v) is 8.19. The Balaban J connectivity index is 3.01. The third-order valence-corrected chi connectivity index (χ3v) is 4.75. The van der Waals surface area contributed by atoms with Gasteiger partial charge in [-0.25, -0.2) is 13.1 Å². The van der Waals surface area contributed by atoms with Crippen LogP contribution in [0.25, 0.3) is 0 Å². The van der Waals surface area contributed by atoms with Crippen molar-refractivity contribution in [2.75, 3.05) is 19.5 Å². The maximum absolute atomic E-state index is 12.4. The number of sulfonamides is 1. The summed E-state index contributed by atoms with van der Waals surface area (Å²) in [5.74, 6) is 0.136. The fraction of sp³-hybridized carbons (Fsp3) is 0.571. The summed E-state index contributed by atoms with van der Waals surface area (Å²) in [5.41, 5.74) is 7.31. The van der Waals surface area contributed by atoms with Crippen molar-refractivity contribution in [3.05, 3.63) is 23.8 Å². The first kappa shape index (κ1) is 16.9. The van der Waals surface area contributed by atoms with Crippen LogP contribution in [0.5, 0.6) is 0 Å². The van der Waals surface area contributed by atoms with Crippen molar-refractivity contribution >= 4 is 15.7 Å². The molecule has 1 aromatic carbocycles. The summed E-state index contributed by atoms with van der Waals surface area (Å²) >= 11 is 0. The van der Waals surface area contributed by atoms with Crippen LogP contribution in [0.3, 0.4) is 0 Å². The first-order valence-electron chi connectivity index (χ1n) is 6.71. The molecule has 20 heavy (non-hydrogen) atoms. The lowest BCUT2D eigenvalue weighted by atomic mass is 10.1. The third-order valence-electron chi connectivity index (χ3n) is 3.27. The molecule has 0 amide bonds. The SMILES string of the molecule is CCc1ccc(S(=O)(=O)NC(COC)C(C)C)cc1N. The van der Waals surface area contributed by atoms with Gasteiger partial charge in [0.05, 0.1) is 11.5 Å². The lowest BCUT2D eigenvalue weighted by molar-refractivity contribution is 0.157. The van der Waals surface area contributed by atoms with E-state index >= 15 is 0 Å². The van der Waals surface area contributed by atoms with Gasteiger partial charge in [0, 0.05) is 18.8 Å². The number of hydrogen-bond donors (Lipinski definition) is 2. The molecule has 0 heterocycles. The molecule has 3 N–H and O–H groups in total. The van der Waals surface area contributed by atoms with Crippen molar-refractivity contribution in [2.45, 2.75) is 38.1 Å². The molecule has 0 aliphatic rings. The van der Waals surface area contributed by atoms with Gasteiger partial charge in [-0.3, -0.25) is 0 Å². The van der Waals surface area contributed by atoms with Crippen molar-refractivity contribution < 1.29 is 13.2 Å². The predicted octanol–water partition coefficient (Wildman–Crippen LogP) is 1.78. The Kier molecular flexibility index (Phi) is 5.98. The minimum Gasteiger partial charge on any atom is -0.398 e. The largest absolute Gasteiger partial charge is 0.398 e. The van der Waals surface area contributed by atoms with Crippen LogP contribution in [0.1, 0.15) is 26.3 Å². The quantitative estimate of drug-likeness (QED) is 0.752. The fourth-order valence-electron chi connectivity index (χ4n) is 1.87. The average Bonchev–Trinajstić information content (AvgIpc) is 2.37. The third kappa shape index (κ3) is 4.19. The van der Waals surface area contributed by atoms with Crippen LogP contribution in [0.4, 0.5) is 5.69 Å². The van der Waals surface area contributed by atoms with Crippen molar-refractivity contribution in [3.63, 3.8) is 0 Å². The number of methoxy groups -OCH3 is 1. The van der Waals surface area contributed by atoms with Gasteiger partial charge >= 0.3 is 0 Å². The van der Waals surface area contributed by atoms with E-state index in [0.29, 0.717) is 12.3 Å².